The molecule has 0 spiro atoms. The number of hydrogen-bond acceptors (Lipinski definition) is 6. The van der Waals surface area contributed by atoms with E-state index in [0.717, 1.165) is 20.6 Å². The van der Waals surface area contributed by atoms with Crippen LogP contribution < -0.4 is 20.7 Å². The third kappa shape index (κ3) is 3.91. The van der Waals surface area contributed by atoms with Gasteiger partial charge < -0.3 is 14.6 Å². The van der Waals surface area contributed by atoms with Crippen LogP contribution in [0.15, 0.2) is 58.1 Å². The van der Waals surface area contributed by atoms with Gasteiger partial charge in [-0.3, -0.25) is 14.2 Å². The first-order chi connectivity index (χ1) is 15.9. The van der Waals surface area contributed by atoms with Crippen molar-refractivity contribution >= 4 is 27.5 Å². The Kier molecular flexibility index (Phi) is 6.06. The van der Waals surface area contributed by atoms with Gasteiger partial charge in [0, 0.05) is 16.0 Å². The molecule has 0 saturated heterocycles. The second-order valence-electron chi connectivity index (χ2n) is 7.40. The highest BCUT2D eigenvalue weighted by Crippen LogP contribution is 2.40. The third-order valence-electron chi connectivity index (χ3n) is 5.46. The lowest BCUT2D eigenvalue weighted by molar-refractivity contribution is -0.137. The fraction of sp³-hybridized carbons (Fsp3) is 0.208. The van der Waals surface area contributed by atoms with E-state index in [1.54, 1.807) is 20.1 Å². The number of thiophene rings is 1. The number of carboxylic acids is 1. The molecule has 4 rings (SSSR count). The summed E-state index contributed by atoms with van der Waals surface area (Å²) in [5, 5.41) is 9.65. The zero-order chi connectivity index (χ0) is 23.7. The van der Waals surface area contributed by atoms with Crippen LogP contribution in [-0.2, 0) is 17.9 Å². The number of aryl methyl sites for hydroxylation is 1. The molecule has 0 unspecified atom stereocenters. The number of benzene rings is 2. The summed E-state index contributed by atoms with van der Waals surface area (Å²) in [5.74, 6) is -0.0429. The number of ether oxygens (including phenoxy) is 2. The molecular weight excluding hydrogens is 444 g/mol. The molecule has 0 atom stereocenters. The average Bonchev–Trinajstić information content (AvgIpc) is 3.16. The zero-order valence-corrected chi connectivity index (χ0v) is 19.1. The van der Waals surface area contributed by atoms with Gasteiger partial charge in [0.05, 0.1) is 26.2 Å². The molecule has 0 aliphatic carbocycles. The molecule has 0 amide bonds. The average molecular weight is 467 g/mol. The van der Waals surface area contributed by atoms with E-state index in [0.29, 0.717) is 27.3 Å². The molecule has 9 heteroatoms. The number of carbonyl (C=O) groups is 1. The van der Waals surface area contributed by atoms with Crippen molar-refractivity contribution in [3.05, 3.63) is 80.5 Å². The van der Waals surface area contributed by atoms with Crippen LogP contribution in [0.1, 0.15) is 11.1 Å². The van der Waals surface area contributed by atoms with Crippen LogP contribution in [0.5, 0.6) is 11.5 Å². The van der Waals surface area contributed by atoms with E-state index in [4.69, 9.17) is 9.47 Å². The number of aliphatic carboxylic acids is 1. The highest BCUT2D eigenvalue weighted by molar-refractivity contribution is 7.22. The second-order valence-corrected chi connectivity index (χ2v) is 8.40. The maximum atomic E-state index is 13.3. The summed E-state index contributed by atoms with van der Waals surface area (Å²) in [6.45, 7) is 1.19. The molecule has 1 N–H and O–H groups in total. The first-order valence-corrected chi connectivity index (χ1v) is 10.9. The van der Waals surface area contributed by atoms with Gasteiger partial charge in [0.2, 0.25) is 0 Å². The van der Waals surface area contributed by atoms with Crippen molar-refractivity contribution in [3.8, 4) is 21.9 Å². The summed E-state index contributed by atoms with van der Waals surface area (Å²) in [7, 11) is 3.11. The molecule has 0 fully saturated rings. The lowest BCUT2D eigenvalue weighted by atomic mass is 10.1. The van der Waals surface area contributed by atoms with Gasteiger partial charge >= 0.3 is 11.7 Å². The highest BCUT2D eigenvalue weighted by atomic mass is 32.1. The van der Waals surface area contributed by atoms with Gasteiger partial charge in [-0.25, -0.2) is 9.36 Å². The zero-order valence-electron chi connectivity index (χ0n) is 18.3. The van der Waals surface area contributed by atoms with Crippen molar-refractivity contribution < 1.29 is 19.4 Å². The Morgan fingerprint density at radius 2 is 1.61 bits per heavy atom. The quantitative estimate of drug-likeness (QED) is 0.448. The smallest absolute Gasteiger partial charge is 0.332 e. The predicted molar refractivity (Wildman–Crippen MR) is 127 cm³/mol. The summed E-state index contributed by atoms with van der Waals surface area (Å²) in [4.78, 5) is 39.3. The number of rotatable bonds is 7. The van der Waals surface area contributed by atoms with Crippen molar-refractivity contribution in [2.45, 2.75) is 20.0 Å². The van der Waals surface area contributed by atoms with Gasteiger partial charge in [-0.05, 0) is 30.7 Å². The molecule has 2 aromatic heterocycles. The number of aromatic nitrogens is 2. The van der Waals surface area contributed by atoms with Gasteiger partial charge in [0.1, 0.15) is 22.9 Å². The first-order valence-electron chi connectivity index (χ1n) is 10.1. The monoisotopic (exact) mass is 466 g/mol. The van der Waals surface area contributed by atoms with Crippen LogP contribution in [-0.4, -0.2) is 34.4 Å². The van der Waals surface area contributed by atoms with Crippen molar-refractivity contribution in [2.75, 3.05) is 14.2 Å². The number of methoxy groups -OCH3 is 2. The van der Waals surface area contributed by atoms with E-state index >= 15 is 0 Å². The fourth-order valence-corrected chi connectivity index (χ4v) is 5.22. The van der Waals surface area contributed by atoms with Gasteiger partial charge in [-0.2, -0.15) is 0 Å². The molecule has 4 aromatic rings. The van der Waals surface area contributed by atoms with E-state index in [9.17, 15) is 19.5 Å². The lowest BCUT2D eigenvalue weighted by Crippen LogP contribution is -2.41. The van der Waals surface area contributed by atoms with Gasteiger partial charge in [-0.15, -0.1) is 11.3 Å². The molecule has 2 heterocycles. The van der Waals surface area contributed by atoms with Gasteiger partial charge in [0.25, 0.3) is 5.56 Å². The lowest BCUT2D eigenvalue weighted by Gasteiger charge is -2.13. The highest BCUT2D eigenvalue weighted by Gasteiger charge is 2.23. The number of para-hydroxylation sites is 2. The maximum absolute atomic E-state index is 13.3. The normalized spacial score (nSPS) is 11.0. The Balaban J connectivity index is 2.06. The molecule has 170 valence electrons. The van der Waals surface area contributed by atoms with Crippen LogP contribution in [0.3, 0.4) is 0 Å². The second kappa shape index (κ2) is 8.95. The number of hydrogen-bond donors (Lipinski definition) is 1. The molecule has 0 bridgehead atoms. The minimum absolute atomic E-state index is 0.116. The molecule has 2 aromatic carbocycles. The van der Waals surface area contributed by atoms with Crippen molar-refractivity contribution in [1.29, 1.82) is 0 Å². The maximum Gasteiger partial charge on any atom is 0.332 e. The Bertz CT molecular complexity index is 1480. The minimum Gasteiger partial charge on any atom is -0.496 e. The van der Waals surface area contributed by atoms with Crippen molar-refractivity contribution in [3.63, 3.8) is 0 Å². The predicted octanol–water partition coefficient (Wildman–Crippen LogP) is 3.35. The molecule has 33 heavy (non-hydrogen) atoms. The summed E-state index contributed by atoms with van der Waals surface area (Å²) in [6.07, 6.45) is 0. The molecule has 0 saturated carbocycles. The van der Waals surface area contributed by atoms with Crippen LogP contribution in [0.4, 0.5) is 0 Å². The van der Waals surface area contributed by atoms with Crippen molar-refractivity contribution in [1.82, 2.24) is 9.13 Å². The molecule has 0 aliphatic heterocycles. The topological polar surface area (TPSA) is 99.8 Å². The van der Waals surface area contributed by atoms with E-state index in [1.807, 2.05) is 42.5 Å². The van der Waals surface area contributed by atoms with E-state index in [-0.39, 0.29) is 6.54 Å². The van der Waals surface area contributed by atoms with Crippen molar-refractivity contribution in [2.24, 2.45) is 0 Å². The van der Waals surface area contributed by atoms with Crippen LogP contribution in [0.2, 0.25) is 0 Å². The third-order valence-corrected chi connectivity index (χ3v) is 6.81. The molecule has 0 radical (unpaired) electrons. The fourth-order valence-electron chi connectivity index (χ4n) is 3.90. The van der Waals surface area contributed by atoms with E-state index in [2.05, 4.69) is 0 Å². The Labute approximate surface area is 192 Å². The molecule has 0 aliphatic rings. The van der Waals surface area contributed by atoms with E-state index in [1.165, 1.54) is 23.0 Å². The van der Waals surface area contributed by atoms with Crippen LogP contribution in [0, 0.1) is 6.92 Å². The number of nitrogens with zero attached hydrogens (tertiary/aromatic N) is 2. The molecule has 8 nitrogen and oxygen atoms in total. The van der Waals surface area contributed by atoms with E-state index < -0.39 is 23.8 Å². The van der Waals surface area contributed by atoms with Gasteiger partial charge in [0.15, 0.2) is 0 Å². The standard InChI is InChI=1S/C24H22N2O6S/c1-14-20-22(29)25(13-19(27)28)24(30)26(12-15-8-4-6-10-17(15)31-2)23(20)33-21(14)16-9-5-7-11-18(16)32-3/h4-11H,12-13H2,1-3H3,(H,27,28). The Morgan fingerprint density at radius 3 is 2.27 bits per heavy atom. The number of carboxylic acid groups (broad SMARTS) is 1. The van der Waals surface area contributed by atoms with Gasteiger partial charge in [-0.1, -0.05) is 30.3 Å². The first kappa shape index (κ1) is 22.3. The SMILES string of the molecule is COc1ccccc1Cn1c(=O)n(CC(=O)O)c(=O)c2c(C)c(-c3ccccc3OC)sc21. The minimum atomic E-state index is -1.27. The largest absolute Gasteiger partial charge is 0.496 e. The number of fused-ring (bicyclic) bond motifs is 1. The summed E-state index contributed by atoms with van der Waals surface area (Å²) < 4.78 is 13.1. The Morgan fingerprint density at radius 1 is 0.970 bits per heavy atom. The van der Waals surface area contributed by atoms with Crippen LogP contribution in [0.25, 0.3) is 20.7 Å². The van der Waals surface area contributed by atoms with Crippen LogP contribution >= 0.6 is 11.3 Å². The summed E-state index contributed by atoms with van der Waals surface area (Å²) in [6, 6.07) is 14.7. The Hall–Kier alpha value is -3.85. The molecular formula is C24H22N2O6S. The summed E-state index contributed by atoms with van der Waals surface area (Å²) >= 11 is 1.30. The summed E-state index contributed by atoms with van der Waals surface area (Å²) in [5.41, 5.74) is 0.877.